The molecule has 7 nitrogen and oxygen atoms in total. The van der Waals surface area contributed by atoms with Crippen LogP contribution in [0.15, 0.2) is 24.3 Å². The van der Waals surface area contributed by atoms with Crippen molar-refractivity contribution >= 4 is 17.7 Å². The number of rotatable bonds is 8. The van der Waals surface area contributed by atoms with Crippen LogP contribution in [-0.2, 0) is 20.8 Å². The SMILES string of the molecule is CC(=O)N[C@H](Cc1ccccc1F)C(=O)N[C@H](C(N)=O)[C@@H](C)CC#N. The second-order valence-electron chi connectivity index (χ2n) is 5.78. The van der Waals surface area contributed by atoms with E-state index >= 15 is 0 Å². The molecule has 8 heteroatoms. The van der Waals surface area contributed by atoms with E-state index in [9.17, 15) is 18.8 Å². The average Bonchev–Trinajstić information content (AvgIpc) is 2.53. The molecule has 0 aromatic heterocycles. The van der Waals surface area contributed by atoms with Gasteiger partial charge in [0.15, 0.2) is 0 Å². The second kappa shape index (κ2) is 9.37. The molecule has 0 saturated carbocycles. The van der Waals surface area contributed by atoms with Crippen molar-refractivity contribution in [2.75, 3.05) is 0 Å². The van der Waals surface area contributed by atoms with Crippen molar-refractivity contribution < 1.29 is 18.8 Å². The number of carbonyl (C=O) groups is 3. The van der Waals surface area contributed by atoms with Gasteiger partial charge in [0.25, 0.3) is 0 Å². The Kier molecular flexibility index (Phi) is 7.53. The van der Waals surface area contributed by atoms with Crippen molar-refractivity contribution in [1.29, 1.82) is 5.26 Å². The monoisotopic (exact) mass is 348 g/mol. The Hall–Kier alpha value is -2.95. The smallest absolute Gasteiger partial charge is 0.243 e. The third-order valence-corrected chi connectivity index (χ3v) is 3.66. The third kappa shape index (κ3) is 6.22. The van der Waals surface area contributed by atoms with E-state index in [1.165, 1.54) is 25.1 Å². The van der Waals surface area contributed by atoms with Gasteiger partial charge in [0, 0.05) is 19.8 Å². The number of nitrogens with one attached hydrogen (secondary N) is 2. The summed E-state index contributed by atoms with van der Waals surface area (Å²) >= 11 is 0. The van der Waals surface area contributed by atoms with E-state index in [2.05, 4.69) is 10.6 Å². The normalized spacial score (nSPS) is 13.8. The summed E-state index contributed by atoms with van der Waals surface area (Å²) in [7, 11) is 0. The summed E-state index contributed by atoms with van der Waals surface area (Å²) in [6.07, 6.45) is -0.0673. The van der Waals surface area contributed by atoms with Crippen molar-refractivity contribution in [1.82, 2.24) is 10.6 Å². The van der Waals surface area contributed by atoms with Crippen LogP contribution in [0.5, 0.6) is 0 Å². The maximum absolute atomic E-state index is 13.8. The van der Waals surface area contributed by atoms with Crippen LogP contribution in [0.2, 0.25) is 0 Å². The Balaban J connectivity index is 2.96. The second-order valence-corrected chi connectivity index (χ2v) is 5.78. The molecule has 1 aromatic rings. The minimum Gasteiger partial charge on any atom is -0.368 e. The molecule has 0 unspecified atom stereocenters. The predicted octanol–water partition coefficient (Wildman–Crippen LogP) is 0.393. The lowest BCUT2D eigenvalue weighted by molar-refractivity contribution is -0.131. The summed E-state index contributed by atoms with van der Waals surface area (Å²) in [6, 6.07) is 5.64. The van der Waals surface area contributed by atoms with E-state index in [1.807, 2.05) is 6.07 Å². The van der Waals surface area contributed by atoms with E-state index in [1.54, 1.807) is 13.0 Å². The van der Waals surface area contributed by atoms with Crippen LogP contribution in [0.3, 0.4) is 0 Å². The number of hydrogen-bond donors (Lipinski definition) is 3. The van der Waals surface area contributed by atoms with Gasteiger partial charge in [0.05, 0.1) is 6.07 Å². The van der Waals surface area contributed by atoms with Crippen molar-refractivity contribution in [3.8, 4) is 6.07 Å². The summed E-state index contributed by atoms with van der Waals surface area (Å²) in [5, 5.41) is 13.6. The van der Waals surface area contributed by atoms with Crippen molar-refractivity contribution in [3.63, 3.8) is 0 Å². The molecule has 1 rings (SSSR count). The van der Waals surface area contributed by atoms with Crippen LogP contribution < -0.4 is 16.4 Å². The van der Waals surface area contributed by atoms with Crippen molar-refractivity contribution in [3.05, 3.63) is 35.6 Å². The lowest BCUT2D eigenvalue weighted by Crippen LogP contribution is -2.55. The molecule has 0 aliphatic carbocycles. The van der Waals surface area contributed by atoms with Crippen molar-refractivity contribution in [2.24, 2.45) is 11.7 Å². The molecule has 1 aromatic carbocycles. The Labute approximate surface area is 145 Å². The fourth-order valence-electron chi connectivity index (χ4n) is 2.35. The van der Waals surface area contributed by atoms with Gasteiger partial charge >= 0.3 is 0 Å². The van der Waals surface area contributed by atoms with Crippen LogP contribution in [-0.4, -0.2) is 29.8 Å². The first-order valence-corrected chi connectivity index (χ1v) is 7.73. The maximum Gasteiger partial charge on any atom is 0.243 e. The molecule has 3 atom stereocenters. The lowest BCUT2D eigenvalue weighted by atomic mass is 9.97. The number of carbonyl (C=O) groups excluding carboxylic acids is 3. The minimum atomic E-state index is -1.08. The van der Waals surface area contributed by atoms with Crippen molar-refractivity contribution in [2.45, 2.75) is 38.8 Å². The molecule has 134 valence electrons. The number of halogens is 1. The van der Waals surface area contributed by atoms with Crippen LogP contribution in [0.1, 0.15) is 25.8 Å². The number of nitrogens with zero attached hydrogens (tertiary/aromatic N) is 1. The number of nitriles is 1. The van der Waals surface area contributed by atoms with Gasteiger partial charge in [-0.05, 0) is 17.5 Å². The molecule has 0 fully saturated rings. The quantitative estimate of drug-likeness (QED) is 0.628. The summed E-state index contributed by atoms with van der Waals surface area (Å²) < 4.78 is 13.8. The van der Waals surface area contributed by atoms with Crippen LogP contribution in [0.25, 0.3) is 0 Å². The Morgan fingerprint density at radius 1 is 1.28 bits per heavy atom. The zero-order chi connectivity index (χ0) is 19.0. The zero-order valence-corrected chi connectivity index (χ0v) is 14.1. The first kappa shape index (κ1) is 20.1. The van der Waals surface area contributed by atoms with Crippen LogP contribution in [0, 0.1) is 23.1 Å². The number of benzene rings is 1. The van der Waals surface area contributed by atoms with Gasteiger partial charge in [-0.2, -0.15) is 5.26 Å². The Morgan fingerprint density at radius 2 is 1.92 bits per heavy atom. The maximum atomic E-state index is 13.8. The zero-order valence-electron chi connectivity index (χ0n) is 14.1. The summed E-state index contributed by atoms with van der Waals surface area (Å²) in [5.74, 6) is -2.94. The summed E-state index contributed by atoms with van der Waals surface area (Å²) in [6.45, 7) is 2.83. The molecule has 0 aliphatic rings. The molecule has 0 bridgehead atoms. The van der Waals surface area contributed by atoms with Gasteiger partial charge in [-0.3, -0.25) is 14.4 Å². The molecule has 0 heterocycles. The molecule has 3 amide bonds. The molecule has 0 radical (unpaired) electrons. The highest BCUT2D eigenvalue weighted by molar-refractivity contribution is 5.91. The summed E-state index contributed by atoms with van der Waals surface area (Å²) in [4.78, 5) is 35.4. The summed E-state index contributed by atoms with van der Waals surface area (Å²) in [5.41, 5.74) is 5.53. The number of primary amides is 1. The van der Waals surface area contributed by atoms with Gasteiger partial charge in [-0.15, -0.1) is 0 Å². The first-order chi connectivity index (χ1) is 11.8. The minimum absolute atomic E-state index is 0.0198. The highest BCUT2D eigenvalue weighted by atomic mass is 19.1. The van der Waals surface area contributed by atoms with Gasteiger partial charge in [-0.1, -0.05) is 25.1 Å². The predicted molar refractivity (Wildman–Crippen MR) is 88.2 cm³/mol. The van der Waals surface area contributed by atoms with Crippen LogP contribution >= 0.6 is 0 Å². The van der Waals surface area contributed by atoms with Gasteiger partial charge in [0.1, 0.15) is 17.9 Å². The van der Waals surface area contributed by atoms with Gasteiger partial charge < -0.3 is 16.4 Å². The highest BCUT2D eigenvalue weighted by Gasteiger charge is 2.29. The van der Waals surface area contributed by atoms with E-state index in [0.717, 1.165) is 0 Å². The van der Waals surface area contributed by atoms with E-state index in [4.69, 9.17) is 11.0 Å². The fourth-order valence-corrected chi connectivity index (χ4v) is 2.35. The van der Waals surface area contributed by atoms with Crippen LogP contribution in [0.4, 0.5) is 4.39 Å². The molecule has 0 spiro atoms. The molecule has 0 saturated heterocycles. The number of hydrogen-bond acceptors (Lipinski definition) is 4. The Morgan fingerprint density at radius 3 is 2.44 bits per heavy atom. The lowest BCUT2D eigenvalue weighted by Gasteiger charge is -2.24. The van der Waals surface area contributed by atoms with E-state index in [0.29, 0.717) is 0 Å². The van der Waals surface area contributed by atoms with E-state index in [-0.39, 0.29) is 18.4 Å². The molecule has 0 aliphatic heterocycles. The first-order valence-electron chi connectivity index (χ1n) is 7.73. The highest BCUT2D eigenvalue weighted by Crippen LogP contribution is 2.11. The topological polar surface area (TPSA) is 125 Å². The largest absolute Gasteiger partial charge is 0.368 e. The van der Waals surface area contributed by atoms with Gasteiger partial charge in [-0.25, -0.2) is 4.39 Å². The fraction of sp³-hybridized carbons (Fsp3) is 0.412. The molecular weight excluding hydrogens is 327 g/mol. The molecule has 25 heavy (non-hydrogen) atoms. The van der Waals surface area contributed by atoms with E-state index < -0.39 is 41.5 Å². The standard InChI is InChI=1S/C17H21FN4O3/c1-10(7-8-19)15(16(20)24)22-17(25)14(21-11(2)23)9-12-5-3-4-6-13(12)18/h3-6,10,14-15H,7,9H2,1-2H3,(H2,20,24)(H,21,23)(H,22,25)/t10-,14+,15-/m0/s1. The average molecular weight is 348 g/mol. The number of nitrogens with two attached hydrogens (primary N) is 1. The number of amides is 3. The van der Waals surface area contributed by atoms with Gasteiger partial charge in [0.2, 0.25) is 17.7 Å². The Bertz CT molecular complexity index is 687. The molecule has 4 N–H and O–H groups in total. The third-order valence-electron chi connectivity index (χ3n) is 3.66. The molecular formula is C17H21FN4O3.